The molecule has 0 spiro atoms. The van der Waals surface area contributed by atoms with Gasteiger partial charge in [-0.15, -0.1) is 0 Å². The molecule has 4 nitrogen and oxygen atoms in total. The molecule has 0 N–H and O–H groups in total. The van der Waals surface area contributed by atoms with Crippen molar-refractivity contribution in [2.45, 2.75) is 13.8 Å². The topological polar surface area (TPSA) is 38.8 Å². The van der Waals surface area contributed by atoms with Gasteiger partial charge in [-0.1, -0.05) is 18.2 Å². The predicted molar refractivity (Wildman–Crippen MR) is 104 cm³/mol. The van der Waals surface area contributed by atoms with Gasteiger partial charge in [-0.05, 0) is 59.6 Å². The van der Waals surface area contributed by atoms with Gasteiger partial charge in [-0.25, -0.2) is 0 Å². The van der Waals surface area contributed by atoms with E-state index < -0.39 is 0 Å². The third kappa shape index (κ3) is 3.29. The Kier molecular flexibility index (Phi) is 5.13. The van der Waals surface area contributed by atoms with Crippen LogP contribution < -0.4 is 14.4 Å². The van der Waals surface area contributed by atoms with Crippen LogP contribution in [0.25, 0.3) is 11.6 Å². The summed E-state index contributed by atoms with van der Waals surface area (Å²) >= 11 is 3.55. The monoisotopic (exact) mass is 401 g/mol. The molecule has 0 atom stereocenters. The summed E-state index contributed by atoms with van der Waals surface area (Å²) in [6.07, 6.45) is 1.90. The maximum Gasteiger partial charge on any atom is 0.258 e. The van der Waals surface area contributed by atoms with Gasteiger partial charge in [0.25, 0.3) is 5.91 Å². The minimum absolute atomic E-state index is 0.0100. The maximum atomic E-state index is 12.6. The minimum Gasteiger partial charge on any atom is -0.490 e. The standard InChI is InChI=1S/C20H20BrNO3/c1-4-24-18-12-13(11-16(21)19(18)25-5-2)10-15-14-8-6-7-9-17(14)22(3)20(15)23/h6-12H,4-5H2,1-3H3. The number of nitrogens with zero attached hydrogens (tertiary/aromatic N) is 1. The molecule has 25 heavy (non-hydrogen) atoms. The van der Waals surface area contributed by atoms with Crippen LogP contribution in [0, 0.1) is 0 Å². The molecule has 0 radical (unpaired) electrons. The van der Waals surface area contributed by atoms with Gasteiger partial charge in [0.1, 0.15) is 0 Å². The number of para-hydroxylation sites is 1. The minimum atomic E-state index is -0.0100. The van der Waals surface area contributed by atoms with Crippen LogP contribution in [0.1, 0.15) is 25.0 Å². The molecule has 1 aliphatic heterocycles. The van der Waals surface area contributed by atoms with Gasteiger partial charge in [0.2, 0.25) is 0 Å². The number of carbonyl (C=O) groups is 1. The first-order valence-electron chi connectivity index (χ1n) is 8.25. The maximum absolute atomic E-state index is 12.6. The first-order chi connectivity index (χ1) is 12.1. The van der Waals surface area contributed by atoms with Crippen LogP contribution in [0.2, 0.25) is 0 Å². The molecule has 0 aromatic heterocycles. The van der Waals surface area contributed by atoms with Crippen LogP contribution in [0.5, 0.6) is 11.5 Å². The van der Waals surface area contributed by atoms with Crippen LogP contribution in [-0.4, -0.2) is 26.2 Å². The van der Waals surface area contributed by atoms with E-state index in [1.165, 1.54) is 0 Å². The van der Waals surface area contributed by atoms with Crippen molar-refractivity contribution in [2.24, 2.45) is 0 Å². The molecule has 0 bridgehead atoms. The second kappa shape index (κ2) is 7.31. The fourth-order valence-corrected chi connectivity index (χ4v) is 3.50. The van der Waals surface area contributed by atoms with Gasteiger partial charge in [0, 0.05) is 18.2 Å². The van der Waals surface area contributed by atoms with Crippen molar-refractivity contribution in [2.75, 3.05) is 25.2 Å². The highest BCUT2D eigenvalue weighted by molar-refractivity contribution is 9.10. The molecule has 1 aliphatic rings. The van der Waals surface area contributed by atoms with E-state index >= 15 is 0 Å². The zero-order chi connectivity index (χ0) is 18.0. The Bertz CT molecular complexity index is 845. The number of amides is 1. The number of ether oxygens (including phenoxy) is 2. The Hall–Kier alpha value is -2.27. The molecule has 2 aromatic carbocycles. The fraction of sp³-hybridized carbons (Fsp3) is 0.250. The van der Waals surface area contributed by atoms with E-state index in [-0.39, 0.29) is 5.91 Å². The quantitative estimate of drug-likeness (QED) is 0.677. The summed E-state index contributed by atoms with van der Waals surface area (Å²) in [6, 6.07) is 11.6. The number of rotatable bonds is 5. The highest BCUT2D eigenvalue weighted by atomic mass is 79.9. The average molecular weight is 402 g/mol. The molecule has 1 amide bonds. The van der Waals surface area contributed by atoms with E-state index in [1.807, 2.05) is 56.3 Å². The van der Waals surface area contributed by atoms with Crippen LogP contribution in [0.4, 0.5) is 5.69 Å². The molecule has 130 valence electrons. The largest absolute Gasteiger partial charge is 0.490 e. The van der Waals surface area contributed by atoms with Gasteiger partial charge >= 0.3 is 0 Å². The second-order valence-corrected chi connectivity index (χ2v) is 6.49. The lowest BCUT2D eigenvalue weighted by Crippen LogP contribution is -2.20. The van der Waals surface area contributed by atoms with E-state index in [9.17, 15) is 4.79 Å². The first kappa shape index (κ1) is 17.5. The summed E-state index contributed by atoms with van der Waals surface area (Å²) in [5, 5.41) is 0. The van der Waals surface area contributed by atoms with Gasteiger partial charge in [-0.2, -0.15) is 0 Å². The third-order valence-corrected chi connectivity index (χ3v) is 4.61. The van der Waals surface area contributed by atoms with Crippen molar-refractivity contribution < 1.29 is 14.3 Å². The van der Waals surface area contributed by atoms with Crippen molar-refractivity contribution in [3.8, 4) is 11.5 Å². The highest BCUT2D eigenvalue weighted by Crippen LogP contribution is 2.40. The lowest BCUT2D eigenvalue weighted by Gasteiger charge is -2.13. The molecule has 0 aliphatic carbocycles. The van der Waals surface area contributed by atoms with E-state index in [2.05, 4.69) is 15.9 Å². The van der Waals surface area contributed by atoms with E-state index in [0.717, 1.165) is 21.3 Å². The number of benzene rings is 2. The molecule has 0 fully saturated rings. The van der Waals surface area contributed by atoms with Gasteiger partial charge < -0.3 is 14.4 Å². The lowest BCUT2D eigenvalue weighted by atomic mass is 10.0. The summed E-state index contributed by atoms with van der Waals surface area (Å²) in [4.78, 5) is 14.3. The summed E-state index contributed by atoms with van der Waals surface area (Å²) in [7, 11) is 1.79. The summed E-state index contributed by atoms with van der Waals surface area (Å²) in [5.41, 5.74) is 3.43. The van der Waals surface area contributed by atoms with E-state index in [1.54, 1.807) is 11.9 Å². The van der Waals surface area contributed by atoms with Crippen LogP contribution >= 0.6 is 15.9 Å². The lowest BCUT2D eigenvalue weighted by molar-refractivity contribution is -0.112. The van der Waals surface area contributed by atoms with E-state index in [0.29, 0.717) is 30.3 Å². The zero-order valence-electron chi connectivity index (χ0n) is 14.5. The summed E-state index contributed by atoms with van der Waals surface area (Å²) < 4.78 is 12.2. The zero-order valence-corrected chi connectivity index (χ0v) is 16.1. The first-order valence-corrected chi connectivity index (χ1v) is 9.04. The fourth-order valence-electron chi connectivity index (χ4n) is 2.92. The molecule has 0 saturated heterocycles. The van der Waals surface area contributed by atoms with Crippen LogP contribution in [-0.2, 0) is 4.79 Å². The molecule has 0 saturated carbocycles. The molecule has 0 unspecified atom stereocenters. The van der Waals surface area contributed by atoms with Gasteiger partial charge in [-0.3, -0.25) is 4.79 Å². The average Bonchev–Trinajstić information content (AvgIpc) is 2.84. The molecule has 5 heteroatoms. The molecule has 2 aromatic rings. The SMILES string of the molecule is CCOc1cc(C=C2C(=O)N(C)c3ccccc32)cc(Br)c1OCC. The number of carbonyl (C=O) groups excluding carboxylic acids is 1. The smallest absolute Gasteiger partial charge is 0.258 e. The predicted octanol–water partition coefficient (Wildman–Crippen LogP) is 4.76. The Morgan fingerprint density at radius 2 is 1.84 bits per heavy atom. The van der Waals surface area contributed by atoms with Crippen molar-refractivity contribution in [3.63, 3.8) is 0 Å². The van der Waals surface area contributed by atoms with Gasteiger partial charge in [0.15, 0.2) is 11.5 Å². The van der Waals surface area contributed by atoms with E-state index in [4.69, 9.17) is 9.47 Å². The molecular weight excluding hydrogens is 382 g/mol. The summed E-state index contributed by atoms with van der Waals surface area (Å²) in [6.45, 7) is 4.95. The highest BCUT2D eigenvalue weighted by Gasteiger charge is 2.29. The van der Waals surface area contributed by atoms with Crippen molar-refractivity contribution in [1.82, 2.24) is 0 Å². The number of hydrogen-bond donors (Lipinski definition) is 0. The van der Waals surface area contributed by atoms with Crippen LogP contribution in [0.3, 0.4) is 0 Å². The normalized spacial score (nSPS) is 14.8. The molecule has 3 rings (SSSR count). The summed E-state index contributed by atoms with van der Waals surface area (Å²) in [5.74, 6) is 1.34. The second-order valence-electron chi connectivity index (χ2n) is 5.64. The Labute approximate surface area is 156 Å². The van der Waals surface area contributed by atoms with Gasteiger partial charge in [0.05, 0.1) is 23.4 Å². The number of halogens is 1. The number of likely N-dealkylation sites (N-methyl/N-ethyl adjacent to an activating group) is 1. The van der Waals surface area contributed by atoms with Crippen molar-refractivity contribution in [3.05, 3.63) is 52.0 Å². The Morgan fingerprint density at radius 1 is 1.12 bits per heavy atom. The number of anilines is 1. The van der Waals surface area contributed by atoms with Crippen molar-refractivity contribution in [1.29, 1.82) is 0 Å². The molecule has 1 heterocycles. The molecular formula is C20H20BrNO3. The third-order valence-electron chi connectivity index (χ3n) is 4.02. The Morgan fingerprint density at radius 3 is 2.56 bits per heavy atom. The number of hydrogen-bond acceptors (Lipinski definition) is 3. The van der Waals surface area contributed by atoms with Crippen LogP contribution in [0.15, 0.2) is 40.9 Å². The Balaban J connectivity index is 2.08. The number of fused-ring (bicyclic) bond motifs is 1. The van der Waals surface area contributed by atoms with Crippen molar-refractivity contribution >= 4 is 39.2 Å².